The molecule has 1 aromatic heterocycles. The first-order valence-electron chi connectivity index (χ1n) is 7.11. The van der Waals surface area contributed by atoms with Gasteiger partial charge in [0.15, 0.2) is 0 Å². The molecule has 0 unspecified atom stereocenters. The van der Waals surface area contributed by atoms with Crippen LogP contribution in [0.25, 0.3) is 0 Å². The fraction of sp³-hybridized carbons (Fsp3) is 0.714. The summed E-state index contributed by atoms with van der Waals surface area (Å²) in [5.74, 6) is 2.92. The third-order valence-corrected chi connectivity index (χ3v) is 2.74. The highest BCUT2D eigenvalue weighted by atomic mass is 15.2. The third-order valence-electron chi connectivity index (χ3n) is 2.74. The van der Waals surface area contributed by atoms with Crippen molar-refractivity contribution in [2.24, 2.45) is 0 Å². The quantitative estimate of drug-likeness (QED) is 0.769. The lowest BCUT2D eigenvalue weighted by Gasteiger charge is -2.23. The van der Waals surface area contributed by atoms with Crippen LogP contribution in [0.4, 0.5) is 11.6 Å². The molecule has 0 aliphatic heterocycles. The van der Waals surface area contributed by atoms with E-state index in [0.29, 0.717) is 0 Å². The maximum atomic E-state index is 4.65. The van der Waals surface area contributed by atoms with Gasteiger partial charge in [0.05, 0.1) is 0 Å². The Morgan fingerprint density at radius 1 is 1.06 bits per heavy atom. The average molecular weight is 250 g/mol. The Bertz CT molecular complexity index is 346. The van der Waals surface area contributed by atoms with E-state index in [4.69, 9.17) is 0 Å². The van der Waals surface area contributed by atoms with Gasteiger partial charge in [0.1, 0.15) is 17.5 Å². The van der Waals surface area contributed by atoms with Crippen LogP contribution in [-0.4, -0.2) is 29.6 Å². The molecule has 0 amide bonds. The van der Waals surface area contributed by atoms with E-state index in [9.17, 15) is 0 Å². The van der Waals surface area contributed by atoms with Crippen molar-refractivity contribution in [3.05, 3.63) is 11.9 Å². The Morgan fingerprint density at radius 2 is 1.72 bits per heavy atom. The first-order chi connectivity index (χ1) is 8.74. The molecule has 1 N–H and O–H groups in total. The van der Waals surface area contributed by atoms with E-state index >= 15 is 0 Å². The number of nitrogens with zero attached hydrogens (tertiary/aromatic N) is 3. The van der Waals surface area contributed by atoms with E-state index in [1.807, 2.05) is 0 Å². The minimum Gasteiger partial charge on any atom is -0.370 e. The predicted octanol–water partition coefficient (Wildman–Crippen LogP) is 3.10. The number of hydrogen-bond donors (Lipinski definition) is 1. The zero-order valence-corrected chi connectivity index (χ0v) is 12.2. The van der Waals surface area contributed by atoms with Crippen molar-refractivity contribution < 1.29 is 0 Å². The second kappa shape index (κ2) is 7.90. The summed E-state index contributed by atoms with van der Waals surface area (Å²) in [6.07, 6.45) is 3.16. The number of rotatable bonds is 8. The van der Waals surface area contributed by atoms with Crippen molar-refractivity contribution in [2.45, 2.75) is 47.0 Å². The Balaban J connectivity index is 2.99. The minimum absolute atomic E-state index is 0.873. The van der Waals surface area contributed by atoms with Crippen LogP contribution in [0.5, 0.6) is 0 Å². The lowest BCUT2D eigenvalue weighted by molar-refractivity contribution is 0.727. The van der Waals surface area contributed by atoms with Gasteiger partial charge in [-0.05, 0) is 19.8 Å². The molecule has 1 rings (SSSR count). The maximum Gasteiger partial charge on any atom is 0.134 e. The van der Waals surface area contributed by atoms with Gasteiger partial charge >= 0.3 is 0 Å². The summed E-state index contributed by atoms with van der Waals surface area (Å²) in [6, 6.07) is 2.06. The number of nitrogens with one attached hydrogen (secondary N) is 1. The molecule has 0 aromatic carbocycles. The molecular weight excluding hydrogens is 224 g/mol. The van der Waals surface area contributed by atoms with Gasteiger partial charge in [-0.3, -0.25) is 0 Å². The average Bonchev–Trinajstić information content (AvgIpc) is 2.38. The molecule has 4 heteroatoms. The molecule has 18 heavy (non-hydrogen) atoms. The first-order valence-corrected chi connectivity index (χ1v) is 7.11. The van der Waals surface area contributed by atoms with Crippen LogP contribution >= 0.6 is 0 Å². The van der Waals surface area contributed by atoms with Gasteiger partial charge in [0.25, 0.3) is 0 Å². The van der Waals surface area contributed by atoms with E-state index in [0.717, 1.165) is 56.4 Å². The summed E-state index contributed by atoms with van der Waals surface area (Å²) in [6.45, 7) is 11.6. The third kappa shape index (κ3) is 4.17. The van der Waals surface area contributed by atoms with E-state index in [2.05, 4.69) is 53.9 Å². The van der Waals surface area contributed by atoms with Crippen molar-refractivity contribution in [1.82, 2.24) is 9.97 Å². The van der Waals surface area contributed by atoms with E-state index < -0.39 is 0 Å². The number of anilines is 2. The molecule has 0 spiro atoms. The summed E-state index contributed by atoms with van der Waals surface area (Å²) >= 11 is 0. The fourth-order valence-electron chi connectivity index (χ4n) is 1.96. The van der Waals surface area contributed by atoms with Crippen LogP contribution in [-0.2, 0) is 6.42 Å². The topological polar surface area (TPSA) is 41.0 Å². The van der Waals surface area contributed by atoms with Gasteiger partial charge in [-0.2, -0.15) is 0 Å². The molecule has 4 nitrogen and oxygen atoms in total. The van der Waals surface area contributed by atoms with Crippen LogP contribution in [0.1, 0.15) is 46.4 Å². The molecule has 0 fully saturated rings. The summed E-state index contributed by atoms with van der Waals surface area (Å²) in [4.78, 5) is 11.5. The summed E-state index contributed by atoms with van der Waals surface area (Å²) < 4.78 is 0. The van der Waals surface area contributed by atoms with Gasteiger partial charge in [-0.1, -0.05) is 20.8 Å². The number of hydrogen-bond acceptors (Lipinski definition) is 4. The van der Waals surface area contributed by atoms with Crippen LogP contribution in [0.2, 0.25) is 0 Å². The maximum absolute atomic E-state index is 4.65. The Labute approximate surface area is 111 Å². The molecule has 0 saturated carbocycles. The Morgan fingerprint density at radius 3 is 2.22 bits per heavy atom. The largest absolute Gasteiger partial charge is 0.370 e. The predicted molar refractivity (Wildman–Crippen MR) is 78.4 cm³/mol. The van der Waals surface area contributed by atoms with Gasteiger partial charge in [0.2, 0.25) is 0 Å². The second-order valence-corrected chi connectivity index (χ2v) is 4.40. The van der Waals surface area contributed by atoms with Crippen molar-refractivity contribution in [1.29, 1.82) is 0 Å². The zero-order valence-electron chi connectivity index (χ0n) is 12.2. The Hall–Kier alpha value is -1.32. The summed E-state index contributed by atoms with van der Waals surface area (Å²) in [7, 11) is 0. The van der Waals surface area contributed by atoms with Crippen LogP contribution in [0.15, 0.2) is 6.07 Å². The molecule has 1 aromatic rings. The van der Waals surface area contributed by atoms with Crippen molar-refractivity contribution in [3.8, 4) is 0 Å². The van der Waals surface area contributed by atoms with Gasteiger partial charge in [0, 0.05) is 32.1 Å². The van der Waals surface area contributed by atoms with E-state index in [1.165, 1.54) is 0 Å². The minimum atomic E-state index is 0.873. The van der Waals surface area contributed by atoms with Gasteiger partial charge in [-0.25, -0.2) is 9.97 Å². The smallest absolute Gasteiger partial charge is 0.134 e. The normalized spacial score (nSPS) is 10.4. The monoisotopic (exact) mass is 250 g/mol. The number of aromatic nitrogens is 2. The molecule has 0 radical (unpaired) electrons. The summed E-state index contributed by atoms with van der Waals surface area (Å²) in [5, 5.41) is 3.28. The highest BCUT2D eigenvalue weighted by Crippen LogP contribution is 2.17. The van der Waals surface area contributed by atoms with Gasteiger partial charge in [-0.15, -0.1) is 0 Å². The number of aryl methyl sites for hydroxylation is 1. The molecular formula is C14H26N4. The molecule has 0 aliphatic carbocycles. The molecule has 0 aliphatic rings. The summed E-state index contributed by atoms with van der Waals surface area (Å²) in [5.41, 5.74) is 0. The molecule has 0 bridgehead atoms. The first kappa shape index (κ1) is 14.7. The van der Waals surface area contributed by atoms with Crippen molar-refractivity contribution in [3.63, 3.8) is 0 Å². The molecule has 0 saturated heterocycles. The van der Waals surface area contributed by atoms with Crippen molar-refractivity contribution >= 4 is 11.6 Å². The van der Waals surface area contributed by atoms with E-state index in [1.54, 1.807) is 0 Å². The van der Waals surface area contributed by atoms with Crippen LogP contribution < -0.4 is 10.2 Å². The molecule has 102 valence electrons. The second-order valence-electron chi connectivity index (χ2n) is 4.40. The van der Waals surface area contributed by atoms with Gasteiger partial charge < -0.3 is 10.2 Å². The highest BCUT2D eigenvalue weighted by molar-refractivity contribution is 5.49. The Kier molecular flexibility index (Phi) is 6.47. The van der Waals surface area contributed by atoms with Crippen LogP contribution in [0.3, 0.4) is 0 Å². The van der Waals surface area contributed by atoms with Crippen LogP contribution in [0, 0.1) is 0 Å². The lowest BCUT2D eigenvalue weighted by atomic mass is 10.3. The van der Waals surface area contributed by atoms with E-state index in [-0.39, 0.29) is 0 Å². The lowest BCUT2D eigenvalue weighted by Crippen LogP contribution is -2.26. The zero-order chi connectivity index (χ0) is 13.4. The molecule has 0 atom stereocenters. The highest BCUT2D eigenvalue weighted by Gasteiger charge is 2.09. The fourth-order valence-corrected chi connectivity index (χ4v) is 1.96. The standard InChI is InChI=1S/C14H26N4/c1-5-9-18(10-6-2)14-11-13(15-8-4)16-12(7-3)17-14/h11H,5-10H2,1-4H3,(H,15,16,17). The molecule has 1 heterocycles. The SMILES string of the molecule is CCCN(CCC)c1cc(NCC)nc(CC)n1. The van der Waals surface area contributed by atoms with Crippen molar-refractivity contribution in [2.75, 3.05) is 29.9 Å².